The smallest absolute Gasteiger partial charge is 0.110 e. The number of nitrogens with one attached hydrogen (secondary N) is 1. The number of ether oxygens (including phenoxy) is 1. The van der Waals surface area contributed by atoms with Gasteiger partial charge >= 0.3 is 0 Å². The van der Waals surface area contributed by atoms with Gasteiger partial charge in [0.25, 0.3) is 0 Å². The van der Waals surface area contributed by atoms with Crippen LogP contribution in [0.25, 0.3) is 0 Å². The maximum Gasteiger partial charge on any atom is 0.110 e. The van der Waals surface area contributed by atoms with Crippen LogP contribution in [0, 0.1) is 6.92 Å². The summed E-state index contributed by atoms with van der Waals surface area (Å²) in [5, 5.41) is 6.85. The molecule has 1 heterocycles. The number of methoxy groups -OCH3 is 1. The van der Waals surface area contributed by atoms with E-state index in [1.807, 2.05) is 18.7 Å². The molecule has 1 unspecified atom stereocenters. The molecular weight excluding hydrogens is 252 g/mol. The fourth-order valence-corrected chi connectivity index (χ4v) is 2.97. The quantitative estimate of drug-likeness (QED) is 0.702. The van der Waals surface area contributed by atoms with Crippen molar-refractivity contribution >= 4 is 23.1 Å². The lowest BCUT2D eigenvalue weighted by Gasteiger charge is -2.16. The van der Waals surface area contributed by atoms with Crippen LogP contribution in [0.5, 0.6) is 0 Å². The molecule has 0 aliphatic carbocycles. The lowest BCUT2D eigenvalue weighted by atomic mass is 10.2. The van der Waals surface area contributed by atoms with Crippen molar-refractivity contribution < 1.29 is 4.74 Å². The van der Waals surface area contributed by atoms with E-state index < -0.39 is 0 Å². The van der Waals surface area contributed by atoms with Gasteiger partial charge < -0.3 is 10.1 Å². The molecule has 0 aromatic carbocycles. The molecule has 3 nitrogen and oxygen atoms in total. The average Bonchev–Trinajstić information content (AvgIpc) is 2.74. The van der Waals surface area contributed by atoms with Gasteiger partial charge in [0.1, 0.15) is 5.01 Å². The molecule has 1 aromatic rings. The molecule has 1 N–H and O–H groups in total. The molecule has 1 rings (SSSR count). The Bertz CT molecular complexity index is 294. The standard InChI is InChI=1S/C12H22N2OS2/c1-10-9-17-12(14-10)11(5-4-8-16-3)13-6-7-15-2/h9,11,13H,4-8H2,1-3H3. The number of aryl methyl sites for hydroxylation is 1. The summed E-state index contributed by atoms with van der Waals surface area (Å²) < 4.78 is 5.08. The Balaban J connectivity index is 2.46. The van der Waals surface area contributed by atoms with Gasteiger partial charge in [-0.3, -0.25) is 0 Å². The van der Waals surface area contributed by atoms with Crippen molar-refractivity contribution in [2.75, 3.05) is 32.3 Å². The SMILES string of the molecule is COCCNC(CCCSC)c1nc(C)cs1. The third-order valence-corrected chi connectivity index (χ3v) is 4.25. The van der Waals surface area contributed by atoms with Gasteiger partial charge in [-0.1, -0.05) is 0 Å². The van der Waals surface area contributed by atoms with Crippen molar-refractivity contribution in [2.45, 2.75) is 25.8 Å². The second-order valence-electron chi connectivity index (χ2n) is 3.96. The number of aromatic nitrogens is 1. The maximum absolute atomic E-state index is 5.08. The predicted octanol–water partition coefficient (Wildman–Crippen LogP) is 2.87. The Morgan fingerprint density at radius 3 is 3.00 bits per heavy atom. The number of hydrogen-bond donors (Lipinski definition) is 1. The second kappa shape index (κ2) is 8.91. The molecule has 0 saturated carbocycles. The molecule has 0 radical (unpaired) electrons. The van der Waals surface area contributed by atoms with Crippen molar-refractivity contribution in [3.05, 3.63) is 16.1 Å². The lowest BCUT2D eigenvalue weighted by molar-refractivity contribution is 0.195. The van der Waals surface area contributed by atoms with E-state index >= 15 is 0 Å². The first-order valence-corrected chi connectivity index (χ1v) is 8.18. The minimum Gasteiger partial charge on any atom is -0.383 e. The molecule has 0 aliphatic rings. The normalized spacial score (nSPS) is 12.9. The summed E-state index contributed by atoms with van der Waals surface area (Å²) in [6, 6.07) is 0.385. The molecule has 1 atom stereocenters. The summed E-state index contributed by atoms with van der Waals surface area (Å²) in [5.74, 6) is 1.22. The minimum atomic E-state index is 0.385. The summed E-state index contributed by atoms with van der Waals surface area (Å²) in [4.78, 5) is 4.58. The Labute approximate surface area is 112 Å². The van der Waals surface area contributed by atoms with Crippen molar-refractivity contribution in [2.24, 2.45) is 0 Å². The molecule has 0 aliphatic heterocycles. The molecule has 0 bridgehead atoms. The van der Waals surface area contributed by atoms with Crippen molar-refractivity contribution in [1.82, 2.24) is 10.3 Å². The monoisotopic (exact) mass is 274 g/mol. The molecule has 0 amide bonds. The molecule has 98 valence electrons. The van der Waals surface area contributed by atoms with Gasteiger partial charge in [-0.05, 0) is 31.8 Å². The Morgan fingerprint density at radius 2 is 2.41 bits per heavy atom. The van der Waals surface area contributed by atoms with Crippen LogP contribution in [0.3, 0.4) is 0 Å². The van der Waals surface area contributed by atoms with Crippen LogP contribution in [-0.2, 0) is 4.74 Å². The zero-order valence-electron chi connectivity index (χ0n) is 10.9. The zero-order valence-corrected chi connectivity index (χ0v) is 12.5. The van der Waals surface area contributed by atoms with Gasteiger partial charge in [0.2, 0.25) is 0 Å². The van der Waals surface area contributed by atoms with Crippen LogP contribution in [-0.4, -0.2) is 37.3 Å². The number of nitrogens with zero attached hydrogens (tertiary/aromatic N) is 1. The maximum atomic E-state index is 5.08. The highest BCUT2D eigenvalue weighted by atomic mass is 32.2. The summed E-state index contributed by atoms with van der Waals surface area (Å²) in [6.07, 6.45) is 4.53. The lowest BCUT2D eigenvalue weighted by Crippen LogP contribution is -2.25. The Morgan fingerprint density at radius 1 is 1.59 bits per heavy atom. The first-order valence-electron chi connectivity index (χ1n) is 5.91. The van der Waals surface area contributed by atoms with Gasteiger partial charge in [-0.25, -0.2) is 4.98 Å². The minimum absolute atomic E-state index is 0.385. The highest BCUT2D eigenvalue weighted by Gasteiger charge is 2.13. The van der Waals surface area contributed by atoms with E-state index in [9.17, 15) is 0 Å². The summed E-state index contributed by atoms with van der Waals surface area (Å²) in [5.41, 5.74) is 1.12. The molecular formula is C12H22N2OS2. The Kier molecular flexibility index (Phi) is 7.84. The number of thioether (sulfide) groups is 1. The average molecular weight is 274 g/mol. The van der Waals surface area contributed by atoms with Gasteiger partial charge in [0, 0.05) is 24.7 Å². The first kappa shape index (κ1) is 15.0. The fraction of sp³-hybridized carbons (Fsp3) is 0.750. The molecule has 1 aromatic heterocycles. The van der Waals surface area contributed by atoms with Crippen molar-refractivity contribution in [3.63, 3.8) is 0 Å². The molecule has 0 spiro atoms. The number of hydrogen-bond acceptors (Lipinski definition) is 5. The Hall–Kier alpha value is -0.100. The summed E-state index contributed by atoms with van der Waals surface area (Å²) in [6.45, 7) is 3.69. The van der Waals surface area contributed by atoms with Gasteiger partial charge in [-0.2, -0.15) is 11.8 Å². The third-order valence-electron chi connectivity index (χ3n) is 2.47. The van der Waals surface area contributed by atoms with Crippen LogP contribution in [0.15, 0.2) is 5.38 Å². The first-order chi connectivity index (χ1) is 8.27. The van der Waals surface area contributed by atoms with E-state index in [0.29, 0.717) is 6.04 Å². The van der Waals surface area contributed by atoms with E-state index in [2.05, 4.69) is 21.9 Å². The second-order valence-corrected chi connectivity index (χ2v) is 5.84. The van der Waals surface area contributed by atoms with Gasteiger partial charge in [0.15, 0.2) is 0 Å². The van der Waals surface area contributed by atoms with Gasteiger partial charge in [0.05, 0.1) is 12.6 Å². The zero-order chi connectivity index (χ0) is 12.5. The van der Waals surface area contributed by atoms with Crippen LogP contribution >= 0.6 is 23.1 Å². The number of rotatable bonds is 9. The topological polar surface area (TPSA) is 34.1 Å². The van der Waals surface area contributed by atoms with Crippen LogP contribution < -0.4 is 5.32 Å². The molecule has 0 saturated heterocycles. The van der Waals surface area contributed by atoms with Crippen LogP contribution in [0.1, 0.15) is 29.6 Å². The number of thiazole rings is 1. The third kappa shape index (κ3) is 5.86. The van der Waals surface area contributed by atoms with Gasteiger partial charge in [-0.15, -0.1) is 11.3 Å². The van der Waals surface area contributed by atoms with Crippen molar-refractivity contribution in [3.8, 4) is 0 Å². The highest BCUT2D eigenvalue weighted by molar-refractivity contribution is 7.98. The van der Waals surface area contributed by atoms with Crippen LogP contribution in [0.4, 0.5) is 0 Å². The van der Waals surface area contributed by atoms with E-state index in [-0.39, 0.29) is 0 Å². The fourth-order valence-electron chi connectivity index (χ4n) is 1.61. The highest BCUT2D eigenvalue weighted by Crippen LogP contribution is 2.22. The van der Waals surface area contributed by atoms with Crippen LogP contribution in [0.2, 0.25) is 0 Å². The molecule has 5 heteroatoms. The molecule has 0 fully saturated rings. The molecule has 17 heavy (non-hydrogen) atoms. The van der Waals surface area contributed by atoms with E-state index in [4.69, 9.17) is 4.74 Å². The van der Waals surface area contributed by atoms with Crippen molar-refractivity contribution in [1.29, 1.82) is 0 Å². The summed E-state index contributed by atoms with van der Waals surface area (Å²) in [7, 11) is 1.73. The predicted molar refractivity (Wildman–Crippen MR) is 77.1 cm³/mol. The largest absolute Gasteiger partial charge is 0.383 e. The summed E-state index contributed by atoms with van der Waals surface area (Å²) >= 11 is 3.66. The van der Waals surface area contributed by atoms with E-state index in [1.165, 1.54) is 17.2 Å². The van der Waals surface area contributed by atoms with E-state index in [0.717, 1.165) is 25.3 Å². The van der Waals surface area contributed by atoms with E-state index in [1.54, 1.807) is 18.4 Å².